The fraction of sp³-hybridized carbons (Fsp3) is 0.333. The normalized spacial score (nSPS) is 10.1. The number of aromatic nitrogens is 1. The Morgan fingerprint density at radius 1 is 1.46 bits per heavy atom. The number of carboxylic acids is 1. The molecule has 1 N–H and O–H groups in total. The first-order chi connectivity index (χ1) is 5.95. The highest BCUT2D eigenvalue weighted by atomic mass is 16.4. The minimum absolute atomic E-state index is 0.150. The summed E-state index contributed by atoms with van der Waals surface area (Å²) in [4.78, 5) is 22.1. The molecule has 0 aromatic carbocycles. The van der Waals surface area contributed by atoms with E-state index >= 15 is 0 Å². The first-order valence-corrected chi connectivity index (χ1v) is 3.85. The molecular formula is C9H11NO3. The van der Waals surface area contributed by atoms with Gasteiger partial charge in [-0.3, -0.25) is 4.79 Å². The average molecular weight is 181 g/mol. The van der Waals surface area contributed by atoms with Crippen LogP contribution in [0.4, 0.5) is 0 Å². The van der Waals surface area contributed by atoms with Gasteiger partial charge in [-0.1, -0.05) is 0 Å². The van der Waals surface area contributed by atoms with E-state index in [1.807, 2.05) is 0 Å². The zero-order chi connectivity index (χ0) is 10.2. The van der Waals surface area contributed by atoms with Crippen molar-refractivity contribution in [2.24, 2.45) is 7.05 Å². The van der Waals surface area contributed by atoms with Crippen molar-refractivity contribution in [3.8, 4) is 0 Å². The van der Waals surface area contributed by atoms with Crippen LogP contribution in [0.15, 0.2) is 10.9 Å². The molecule has 0 saturated heterocycles. The molecule has 4 nitrogen and oxygen atoms in total. The molecule has 0 fully saturated rings. The largest absolute Gasteiger partial charge is 0.478 e. The van der Waals surface area contributed by atoms with Gasteiger partial charge in [0.15, 0.2) is 0 Å². The van der Waals surface area contributed by atoms with Crippen LogP contribution in [0, 0.1) is 13.8 Å². The standard InChI is InChI=1S/C9H11NO3/c1-5-4-7(9(12)13)6(2)10(3)8(5)11/h4H,1-3H3,(H,12,13). The molecule has 0 atom stereocenters. The molecule has 0 spiro atoms. The molecule has 0 unspecified atom stereocenters. The highest BCUT2D eigenvalue weighted by Gasteiger charge is 2.11. The third-order valence-corrected chi connectivity index (χ3v) is 2.13. The molecule has 1 heterocycles. The average Bonchev–Trinajstić information content (AvgIpc) is 2.07. The van der Waals surface area contributed by atoms with Crippen LogP contribution in [0.2, 0.25) is 0 Å². The summed E-state index contributed by atoms with van der Waals surface area (Å²) in [6.45, 7) is 3.22. The lowest BCUT2D eigenvalue weighted by atomic mass is 10.1. The van der Waals surface area contributed by atoms with Gasteiger partial charge in [0.1, 0.15) is 0 Å². The van der Waals surface area contributed by atoms with Gasteiger partial charge in [-0.25, -0.2) is 4.79 Å². The third kappa shape index (κ3) is 1.47. The van der Waals surface area contributed by atoms with Crippen LogP contribution < -0.4 is 5.56 Å². The molecule has 0 radical (unpaired) electrons. The Balaban J connectivity index is 3.60. The minimum atomic E-state index is -1.00. The molecule has 1 aromatic heterocycles. The summed E-state index contributed by atoms with van der Waals surface area (Å²) in [7, 11) is 1.57. The zero-order valence-electron chi connectivity index (χ0n) is 7.79. The highest BCUT2D eigenvalue weighted by molar-refractivity contribution is 5.88. The fourth-order valence-electron chi connectivity index (χ4n) is 1.20. The van der Waals surface area contributed by atoms with E-state index in [2.05, 4.69) is 0 Å². The summed E-state index contributed by atoms with van der Waals surface area (Å²) >= 11 is 0. The predicted octanol–water partition coefficient (Wildman–Crippen LogP) is 0.700. The number of carboxylic acid groups (broad SMARTS) is 1. The molecule has 70 valence electrons. The Morgan fingerprint density at radius 2 is 2.00 bits per heavy atom. The van der Waals surface area contributed by atoms with E-state index in [1.165, 1.54) is 10.6 Å². The Labute approximate surface area is 75.4 Å². The third-order valence-electron chi connectivity index (χ3n) is 2.13. The van der Waals surface area contributed by atoms with Gasteiger partial charge in [0.25, 0.3) is 5.56 Å². The SMILES string of the molecule is Cc1cc(C(=O)O)c(C)n(C)c1=O. The van der Waals surface area contributed by atoms with Crippen molar-refractivity contribution in [1.29, 1.82) is 0 Å². The van der Waals surface area contributed by atoms with Crippen LogP contribution in [0.5, 0.6) is 0 Å². The summed E-state index contributed by atoms with van der Waals surface area (Å²) in [5.74, 6) is -1.00. The maximum atomic E-state index is 11.3. The van der Waals surface area contributed by atoms with Crippen LogP contribution in [0.1, 0.15) is 21.6 Å². The van der Waals surface area contributed by atoms with Crippen molar-refractivity contribution in [2.75, 3.05) is 0 Å². The molecule has 0 aliphatic carbocycles. The lowest BCUT2D eigenvalue weighted by Crippen LogP contribution is -2.23. The lowest BCUT2D eigenvalue weighted by molar-refractivity contribution is 0.0695. The van der Waals surface area contributed by atoms with E-state index in [9.17, 15) is 9.59 Å². The maximum absolute atomic E-state index is 11.3. The molecule has 0 bridgehead atoms. The molecule has 1 aromatic rings. The van der Waals surface area contributed by atoms with Gasteiger partial charge in [0.05, 0.1) is 5.56 Å². The number of aromatic carboxylic acids is 1. The summed E-state index contributed by atoms with van der Waals surface area (Å²) in [6.07, 6.45) is 0. The number of aryl methyl sites for hydroxylation is 1. The maximum Gasteiger partial charge on any atom is 0.337 e. The summed E-state index contributed by atoms with van der Waals surface area (Å²) in [5.41, 5.74) is 0.954. The van der Waals surface area contributed by atoms with Crippen LogP contribution in [-0.4, -0.2) is 15.6 Å². The van der Waals surface area contributed by atoms with E-state index in [0.717, 1.165) is 0 Å². The van der Waals surface area contributed by atoms with Crippen LogP contribution in [0.25, 0.3) is 0 Å². The molecule has 1 rings (SSSR count). The smallest absolute Gasteiger partial charge is 0.337 e. The van der Waals surface area contributed by atoms with Crippen molar-refractivity contribution >= 4 is 5.97 Å². The fourth-order valence-corrected chi connectivity index (χ4v) is 1.20. The van der Waals surface area contributed by atoms with Crippen molar-refractivity contribution in [3.05, 3.63) is 33.2 Å². The topological polar surface area (TPSA) is 59.3 Å². The minimum Gasteiger partial charge on any atom is -0.478 e. The van der Waals surface area contributed by atoms with E-state index in [-0.39, 0.29) is 11.1 Å². The molecule has 0 aliphatic rings. The molecular weight excluding hydrogens is 170 g/mol. The second kappa shape index (κ2) is 3.05. The molecule has 0 aliphatic heterocycles. The Hall–Kier alpha value is -1.58. The van der Waals surface area contributed by atoms with Gasteiger partial charge >= 0.3 is 5.97 Å². The van der Waals surface area contributed by atoms with Gasteiger partial charge in [0, 0.05) is 18.3 Å². The monoisotopic (exact) mass is 181 g/mol. The van der Waals surface area contributed by atoms with Gasteiger partial charge in [-0.05, 0) is 19.9 Å². The molecule has 0 saturated carbocycles. The first-order valence-electron chi connectivity index (χ1n) is 3.85. The molecule has 4 heteroatoms. The van der Waals surface area contributed by atoms with Crippen molar-refractivity contribution in [1.82, 2.24) is 4.57 Å². The number of hydrogen-bond acceptors (Lipinski definition) is 2. The van der Waals surface area contributed by atoms with Gasteiger partial charge in [-0.2, -0.15) is 0 Å². The summed E-state index contributed by atoms with van der Waals surface area (Å²) in [5, 5.41) is 8.79. The van der Waals surface area contributed by atoms with E-state index in [0.29, 0.717) is 11.3 Å². The molecule has 13 heavy (non-hydrogen) atoms. The second-order valence-corrected chi connectivity index (χ2v) is 3.00. The lowest BCUT2D eigenvalue weighted by Gasteiger charge is -2.07. The van der Waals surface area contributed by atoms with Crippen molar-refractivity contribution in [2.45, 2.75) is 13.8 Å². The summed E-state index contributed by atoms with van der Waals surface area (Å²) in [6, 6.07) is 1.40. The van der Waals surface area contributed by atoms with Crippen LogP contribution >= 0.6 is 0 Å². The molecule has 0 amide bonds. The Morgan fingerprint density at radius 3 is 2.46 bits per heavy atom. The van der Waals surface area contributed by atoms with Crippen molar-refractivity contribution < 1.29 is 9.90 Å². The number of hydrogen-bond donors (Lipinski definition) is 1. The number of rotatable bonds is 1. The first kappa shape index (κ1) is 9.51. The van der Waals surface area contributed by atoms with Gasteiger partial charge in [-0.15, -0.1) is 0 Å². The predicted molar refractivity (Wildman–Crippen MR) is 48.1 cm³/mol. The van der Waals surface area contributed by atoms with Crippen LogP contribution in [0.3, 0.4) is 0 Å². The zero-order valence-corrected chi connectivity index (χ0v) is 7.79. The van der Waals surface area contributed by atoms with Gasteiger partial charge < -0.3 is 9.67 Å². The van der Waals surface area contributed by atoms with Gasteiger partial charge in [0.2, 0.25) is 0 Å². The van der Waals surface area contributed by atoms with Crippen LogP contribution in [-0.2, 0) is 7.05 Å². The Bertz CT molecular complexity index is 418. The quantitative estimate of drug-likeness (QED) is 0.693. The number of carbonyl (C=O) groups is 1. The number of pyridine rings is 1. The van der Waals surface area contributed by atoms with E-state index in [1.54, 1.807) is 20.9 Å². The number of nitrogens with zero attached hydrogens (tertiary/aromatic N) is 1. The Kier molecular flexibility index (Phi) is 2.23. The summed E-state index contributed by atoms with van der Waals surface area (Å²) < 4.78 is 1.35. The van der Waals surface area contributed by atoms with E-state index in [4.69, 9.17) is 5.11 Å². The second-order valence-electron chi connectivity index (χ2n) is 3.00. The van der Waals surface area contributed by atoms with Crippen molar-refractivity contribution in [3.63, 3.8) is 0 Å². The highest BCUT2D eigenvalue weighted by Crippen LogP contribution is 2.05. The van der Waals surface area contributed by atoms with E-state index < -0.39 is 5.97 Å².